The maximum absolute atomic E-state index is 11.7. The maximum Gasteiger partial charge on any atom is 0.313 e. The molecule has 0 amide bonds. The van der Waals surface area contributed by atoms with Gasteiger partial charge in [-0.1, -0.05) is 48.0 Å². The number of allylic oxidation sites excluding steroid dienone is 2. The van der Waals surface area contributed by atoms with E-state index in [9.17, 15) is 20.1 Å². The molecule has 0 bridgehead atoms. The van der Waals surface area contributed by atoms with Gasteiger partial charge in [0, 0.05) is 5.03 Å². The van der Waals surface area contributed by atoms with Crippen LogP contribution in [0.25, 0.3) is 5.57 Å². The number of hydrogen-bond donors (Lipinski definition) is 3. The molecule has 0 radical (unpaired) electrons. The van der Waals surface area contributed by atoms with Crippen LogP contribution in [0, 0.1) is 5.92 Å². The summed E-state index contributed by atoms with van der Waals surface area (Å²) in [6.07, 6.45) is 4.22. The smallest absolute Gasteiger partial charge is 0.313 e. The van der Waals surface area contributed by atoms with E-state index in [0.717, 1.165) is 12.0 Å². The molecule has 1 saturated carbocycles. The van der Waals surface area contributed by atoms with E-state index in [0.29, 0.717) is 18.4 Å². The minimum Gasteiger partial charge on any atom is -0.481 e. The number of carbonyl (C=O) groups is 1. The minimum atomic E-state index is -1.88. The number of carboxylic acids is 1. The fourth-order valence-corrected chi connectivity index (χ4v) is 3.52. The first-order valence-electron chi connectivity index (χ1n) is 7.21. The van der Waals surface area contributed by atoms with E-state index in [2.05, 4.69) is 0 Å². The lowest BCUT2D eigenvalue weighted by atomic mass is 9.61. The van der Waals surface area contributed by atoms with Crippen LogP contribution in [0.4, 0.5) is 0 Å². The first-order valence-corrected chi connectivity index (χ1v) is 7.59. The van der Waals surface area contributed by atoms with Gasteiger partial charge in [-0.05, 0) is 36.5 Å². The summed E-state index contributed by atoms with van der Waals surface area (Å²) in [7, 11) is 0. The van der Waals surface area contributed by atoms with Gasteiger partial charge in [-0.2, -0.15) is 0 Å². The van der Waals surface area contributed by atoms with Crippen molar-refractivity contribution in [1.82, 2.24) is 0 Å². The second-order valence-corrected chi connectivity index (χ2v) is 6.37. The van der Waals surface area contributed by atoms with E-state index >= 15 is 0 Å². The van der Waals surface area contributed by atoms with Crippen molar-refractivity contribution < 1.29 is 20.1 Å². The summed E-state index contributed by atoms with van der Waals surface area (Å²) in [5.74, 6) is -2.42. The fraction of sp³-hybridized carbons (Fsp3) is 0.353. The lowest BCUT2D eigenvalue weighted by Crippen LogP contribution is -2.63. The molecule has 0 spiro atoms. The van der Waals surface area contributed by atoms with Crippen molar-refractivity contribution in [3.63, 3.8) is 0 Å². The van der Waals surface area contributed by atoms with Crippen molar-refractivity contribution in [1.29, 1.82) is 0 Å². The summed E-state index contributed by atoms with van der Waals surface area (Å²) >= 11 is 6.29. The van der Waals surface area contributed by atoms with Crippen molar-refractivity contribution in [3.8, 4) is 0 Å². The third kappa shape index (κ3) is 2.19. The Labute approximate surface area is 133 Å². The first-order chi connectivity index (χ1) is 10.4. The molecule has 3 N–H and O–H groups in total. The number of rotatable bonds is 3. The molecule has 1 aromatic rings. The predicted molar refractivity (Wildman–Crippen MR) is 83.2 cm³/mol. The zero-order chi connectivity index (χ0) is 16.0. The molecule has 0 aliphatic heterocycles. The molecule has 5 heteroatoms. The van der Waals surface area contributed by atoms with Gasteiger partial charge in [0.05, 0.1) is 5.60 Å². The highest BCUT2D eigenvalue weighted by atomic mass is 35.5. The number of halogens is 1. The molecule has 2 unspecified atom stereocenters. The topological polar surface area (TPSA) is 77.8 Å². The Hall–Kier alpha value is -1.62. The van der Waals surface area contributed by atoms with E-state index < -0.39 is 23.1 Å². The highest BCUT2D eigenvalue weighted by molar-refractivity contribution is 6.37. The van der Waals surface area contributed by atoms with Crippen LogP contribution in [-0.2, 0) is 4.79 Å². The zero-order valence-electron chi connectivity index (χ0n) is 11.9. The van der Waals surface area contributed by atoms with Crippen molar-refractivity contribution in [2.75, 3.05) is 0 Å². The van der Waals surface area contributed by atoms with Gasteiger partial charge in [0.15, 0.2) is 0 Å². The average molecular weight is 321 g/mol. The summed E-state index contributed by atoms with van der Waals surface area (Å²) in [6.45, 7) is 0. The van der Waals surface area contributed by atoms with Gasteiger partial charge < -0.3 is 15.3 Å². The number of benzene rings is 1. The third-order valence-electron chi connectivity index (χ3n) is 4.69. The monoisotopic (exact) mass is 320 g/mol. The Kier molecular flexibility index (Phi) is 3.63. The van der Waals surface area contributed by atoms with Crippen LogP contribution < -0.4 is 0 Å². The van der Waals surface area contributed by atoms with Gasteiger partial charge in [0.2, 0.25) is 0 Å². The zero-order valence-corrected chi connectivity index (χ0v) is 12.6. The van der Waals surface area contributed by atoms with Gasteiger partial charge in [0.25, 0.3) is 0 Å². The van der Waals surface area contributed by atoms with Gasteiger partial charge in [-0.15, -0.1) is 0 Å². The highest BCUT2D eigenvalue weighted by Crippen LogP contribution is 2.50. The molecule has 0 heterocycles. The Morgan fingerprint density at radius 2 is 1.82 bits per heavy atom. The van der Waals surface area contributed by atoms with Crippen LogP contribution in [0.3, 0.4) is 0 Å². The molecule has 22 heavy (non-hydrogen) atoms. The normalized spacial score (nSPS) is 30.0. The SMILES string of the molecule is O=C(O)C1C=C(c2ccccc2)C(Cl)=CC1(O)C1(O)CCC1. The first kappa shape index (κ1) is 15.3. The summed E-state index contributed by atoms with van der Waals surface area (Å²) < 4.78 is 0. The van der Waals surface area contributed by atoms with E-state index in [1.54, 1.807) is 0 Å². The molecule has 1 fully saturated rings. The van der Waals surface area contributed by atoms with Gasteiger partial charge in [-0.3, -0.25) is 4.79 Å². The Morgan fingerprint density at radius 1 is 1.18 bits per heavy atom. The Morgan fingerprint density at radius 3 is 2.32 bits per heavy atom. The molecule has 2 aliphatic carbocycles. The highest BCUT2D eigenvalue weighted by Gasteiger charge is 2.58. The molecule has 1 aromatic carbocycles. The van der Waals surface area contributed by atoms with E-state index in [-0.39, 0.29) is 5.03 Å². The quantitative estimate of drug-likeness (QED) is 0.800. The number of carboxylic acid groups (broad SMARTS) is 1. The average Bonchev–Trinajstić information content (AvgIpc) is 2.45. The summed E-state index contributed by atoms with van der Waals surface area (Å²) in [5, 5.41) is 31.2. The molecular formula is C17H17ClO4. The lowest BCUT2D eigenvalue weighted by Gasteiger charge is -2.51. The van der Waals surface area contributed by atoms with Gasteiger partial charge in [-0.25, -0.2) is 0 Å². The second-order valence-electron chi connectivity index (χ2n) is 5.97. The van der Waals surface area contributed by atoms with Crippen LogP contribution in [0.5, 0.6) is 0 Å². The predicted octanol–water partition coefficient (Wildman–Crippen LogP) is 2.55. The molecule has 0 aromatic heterocycles. The summed E-state index contributed by atoms with van der Waals surface area (Å²) in [6, 6.07) is 9.16. The maximum atomic E-state index is 11.7. The Bertz CT molecular complexity index is 660. The van der Waals surface area contributed by atoms with E-state index in [4.69, 9.17) is 11.6 Å². The molecule has 0 saturated heterocycles. The summed E-state index contributed by atoms with van der Waals surface area (Å²) in [5.41, 5.74) is -1.98. The van der Waals surface area contributed by atoms with Gasteiger partial charge in [0.1, 0.15) is 11.5 Å². The van der Waals surface area contributed by atoms with E-state index in [1.165, 1.54) is 12.2 Å². The number of aliphatic carboxylic acids is 1. The minimum absolute atomic E-state index is 0.256. The van der Waals surface area contributed by atoms with Crippen LogP contribution in [0.15, 0.2) is 47.5 Å². The van der Waals surface area contributed by atoms with Gasteiger partial charge >= 0.3 is 5.97 Å². The number of hydrogen-bond acceptors (Lipinski definition) is 3. The molecule has 2 atom stereocenters. The van der Waals surface area contributed by atoms with E-state index in [1.807, 2.05) is 30.3 Å². The molecule has 116 valence electrons. The third-order valence-corrected chi connectivity index (χ3v) is 5.00. The van der Waals surface area contributed by atoms with Crippen molar-refractivity contribution in [2.24, 2.45) is 5.92 Å². The van der Waals surface area contributed by atoms with Crippen molar-refractivity contribution in [3.05, 3.63) is 53.1 Å². The standard InChI is InChI=1S/C17H17ClO4/c18-14-10-17(22,16(21)7-4-8-16)13(15(19)20)9-12(14)11-5-2-1-3-6-11/h1-3,5-6,9-10,13,21-22H,4,7-8H2,(H,19,20). The lowest BCUT2D eigenvalue weighted by molar-refractivity contribution is -0.194. The van der Waals surface area contributed by atoms with Crippen LogP contribution in [0.1, 0.15) is 24.8 Å². The fourth-order valence-electron chi connectivity index (χ4n) is 3.18. The van der Waals surface area contributed by atoms with Crippen LogP contribution in [-0.4, -0.2) is 32.5 Å². The summed E-state index contributed by atoms with van der Waals surface area (Å²) in [4.78, 5) is 11.7. The molecular weight excluding hydrogens is 304 g/mol. The molecule has 4 nitrogen and oxygen atoms in total. The van der Waals surface area contributed by atoms with Crippen molar-refractivity contribution in [2.45, 2.75) is 30.5 Å². The molecule has 2 aliphatic rings. The Balaban J connectivity index is 2.08. The van der Waals surface area contributed by atoms with Crippen LogP contribution in [0.2, 0.25) is 0 Å². The van der Waals surface area contributed by atoms with Crippen molar-refractivity contribution >= 4 is 23.1 Å². The number of aliphatic hydroxyl groups is 2. The van der Waals surface area contributed by atoms with Crippen LogP contribution >= 0.6 is 11.6 Å². The second kappa shape index (κ2) is 5.23. The molecule has 3 rings (SSSR count). The largest absolute Gasteiger partial charge is 0.481 e.